The Morgan fingerprint density at radius 1 is 1.47 bits per heavy atom. The van der Waals surface area contributed by atoms with Crippen molar-refractivity contribution in [2.75, 3.05) is 33.2 Å². The van der Waals surface area contributed by atoms with Gasteiger partial charge in [-0.3, -0.25) is 0 Å². The number of hydrogen-bond acceptors (Lipinski definition) is 4. The predicted octanol–water partition coefficient (Wildman–Crippen LogP) is 2.84. The van der Waals surface area contributed by atoms with E-state index < -0.39 is 0 Å². The number of piperazine rings is 1. The monoisotopic (exact) mass is 301 g/mol. The highest BCUT2D eigenvalue weighted by Crippen LogP contribution is 2.15. The van der Waals surface area contributed by atoms with E-state index in [0.717, 1.165) is 18.2 Å². The zero-order valence-electron chi connectivity index (χ0n) is 11.9. The van der Waals surface area contributed by atoms with E-state index in [0.29, 0.717) is 5.88 Å². The minimum absolute atomic E-state index is 0.535. The van der Waals surface area contributed by atoms with Crippen LogP contribution in [-0.4, -0.2) is 54.1 Å². The summed E-state index contributed by atoms with van der Waals surface area (Å²) < 4.78 is 0. The molecule has 1 atom stereocenters. The number of alkyl halides is 1. The van der Waals surface area contributed by atoms with Crippen molar-refractivity contribution >= 4 is 22.9 Å². The molecule has 0 spiro atoms. The van der Waals surface area contributed by atoms with E-state index in [1.165, 1.54) is 44.0 Å². The summed E-state index contributed by atoms with van der Waals surface area (Å²) in [6.07, 6.45) is 3.54. The first-order valence-corrected chi connectivity index (χ1v) is 8.56. The Hall–Kier alpha value is -0.160. The molecular formula is C14H24ClN3S. The standard InChI is InChI=1S/C14H24ClN3S/c1-3-13-10-18(8-7-17(13)2)6-4-5-14-16-12(9-15)11-19-14/h11,13H,3-10H2,1-2H3. The minimum Gasteiger partial charge on any atom is -0.301 e. The van der Waals surface area contributed by atoms with Crippen molar-refractivity contribution < 1.29 is 0 Å². The average molecular weight is 302 g/mol. The smallest absolute Gasteiger partial charge is 0.0929 e. The molecule has 2 heterocycles. The molecule has 1 aromatic heterocycles. The van der Waals surface area contributed by atoms with Crippen LogP contribution in [-0.2, 0) is 12.3 Å². The number of nitrogens with zero attached hydrogens (tertiary/aromatic N) is 3. The summed E-state index contributed by atoms with van der Waals surface area (Å²) in [4.78, 5) is 9.61. The number of halogens is 1. The summed E-state index contributed by atoms with van der Waals surface area (Å²) in [7, 11) is 2.24. The number of hydrogen-bond donors (Lipinski definition) is 0. The topological polar surface area (TPSA) is 19.4 Å². The van der Waals surface area contributed by atoms with Crippen LogP contribution in [0.25, 0.3) is 0 Å². The highest BCUT2D eigenvalue weighted by Gasteiger charge is 2.22. The summed E-state index contributed by atoms with van der Waals surface area (Å²) in [5.41, 5.74) is 1.02. The molecule has 2 rings (SSSR count). The zero-order chi connectivity index (χ0) is 13.7. The SMILES string of the molecule is CCC1CN(CCCc2nc(CCl)cs2)CCN1C. The van der Waals surface area contributed by atoms with Crippen molar-refractivity contribution in [3.05, 3.63) is 16.1 Å². The minimum atomic E-state index is 0.535. The molecule has 3 nitrogen and oxygen atoms in total. The molecule has 1 aromatic rings. The molecule has 0 saturated carbocycles. The average Bonchev–Trinajstić information content (AvgIpc) is 2.88. The molecule has 0 aromatic carbocycles. The molecule has 0 radical (unpaired) electrons. The third kappa shape index (κ3) is 4.42. The van der Waals surface area contributed by atoms with Gasteiger partial charge in [0.25, 0.3) is 0 Å². The van der Waals surface area contributed by atoms with E-state index in [4.69, 9.17) is 11.6 Å². The van der Waals surface area contributed by atoms with Gasteiger partial charge in [-0.2, -0.15) is 0 Å². The van der Waals surface area contributed by atoms with Gasteiger partial charge in [-0.1, -0.05) is 6.92 Å². The molecular weight excluding hydrogens is 278 g/mol. The molecule has 1 aliphatic rings. The van der Waals surface area contributed by atoms with Gasteiger partial charge in [0.15, 0.2) is 0 Å². The number of likely N-dealkylation sites (N-methyl/N-ethyl adjacent to an activating group) is 1. The summed E-state index contributed by atoms with van der Waals surface area (Å²) in [6.45, 7) is 7.11. The van der Waals surface area contributed by atoms with Crippen LogP contribution in [0.3, 0.4) is 0 Å². The van der Waals surface area contributed by atoms with Gasteiger partial charge in [0.1, 0.15) is 0 Å². The fourth-order valence-electron chi connectivity index (χ4n) is 2.63. The first kappa shape index (κ1) is 15.2. The summed E-state index contributed by atoms with van der Waals surface area (Å²) in [6, 6.07) is 0.733. The third-order valence-corrected chi connectivity index (χ3v) is 5.16. The van der Waals surface area contributed by atoms with E-state index in [2.05, 4.69) is 34.1 Å². The number of rotatable bonds is 6. The zero-order valence-corrected chi connectivity index (χ0v) is 13.5. The first-order chi connectivity index (χ1) is 9.22. The van der Waals surface area contributed by atoms with Crippen LogP contribution < -0.4 is 0 Å². The molecule has 0 N–H and O–H groups in total. The van der Waals surface area contributed by atoms with Gasteiger partial charge in [0.05, 0.1) is 16.6 Å². The summed E-state index contributed by atoms with van der Waals surface area (Å²) in [5.74, 6) is 0.535. The van der Waals surface area contributed by atoms with E-state index in [9.17, 15) is 0 Å². The van der Waals surface area contributed by atoms with Crippen LogP contribution in [0.15, 0.2) is 5.38 Å². The van der Waals surface area contributed by atoms with Crippen molar-refractivity contribution in [1.82, 2.24) is 14.8 Å². The van der Waals surface area contributed by atoms with Gasteiger partial charge in [-0.15, -0.1) is 22.9 Å². The van der Waals surface area contributed by atoms with Crippen LogP contribution in [0.5, 0.6) is 0 Å². The Morgan fingerprint density at radius 2 is 2.32 bits per heavy atom. The Bertz CT molecular complexity index is 383. The van der Waals surface area contributed by atoms with Crippen LogP contribution in [0.4, 0.5) is 0 Å². The number of thiazole rings is 1. The lowest BCUT2D eigenvalue weighted by Gasteiger charge is -2.39. The van der Waals surface area contributed by atoms with Crippen molar-refractivity contribution in [2.24, 2.45) is 0 Å². The molecule has 19 heavy (non-hydrogen) atoms. The lowest BCUT2D eigenvalue weighted by atomic mass is 10.1. The summed E-state index contributed by atoms with van der Waals surface area (Å²) >= 11 is 7.52. The molecule has 1 saturated heterocycles. The molecule has 0 aliphatic carbocycles. The van der Waals surface area contributed by atoms with Crippen LogP contribution in [0.2, 0.25) is 0 Å². The molecule has 0 amide bonds. The molecule has 1 aliphatic heterocycles. The van der Waals surface area contributed by atoms with Gasteiger partial charge >= 0.3 is 0 Å². The number of aromatic nitrogens is 1. The number of aryl methyl sites for hydroxylation is 1. The van der Waals surface area contributed by atoms with E-state index in [1.807, 2.05) is 0 Å². The van der Waals surface area contributed by atoms with E-state index in [1.54, 1.807) is 11.3 Å². The molecule has 1 unspecified atom stereocenters. The molecule has 108 valence electrons. The fraction of sp³-hybridized carbons (Fsp3) is 0.786. The predicted molar refractivity (Wildman–Crippen MR) is 83.1 cm³/mol. The van der Waals surface area contributed by atoms with Gasteiger partial charge in [-0.25, -0.2) is 4.98 Å². The van der Waals surface area contributed by atoms with E-state index in [-0.39, 0.29) is 0 Å². The Labute approximate surface area is 125 Å². The Balaban J connectivity index is 1.70. The molecule has 1 fully saturated rings. The van der Waals surface area contributed by atoms with E-state index >= 15 is 0 Å². The van der Waals surface area contributed by atoms with Crippen molar-refractivity contribution in [3.63, 3.8) is 0 Å². The van der Waals surface area contributed by atoms with Crippen molar-refractivity contribution in [3.8, 4) is 0 Å². The highest BCUT2D eigenvalue weighted by atomic mass is 35.5. The van der Waals surface area contributed by atoms with Gasteiger partial charge in [0.2, 0.25) is 0 Å². The largest absolute Gasteiger partial charge is 0.301 e. The molecule has 5 heteroatoms. The first-order valence-electron chi connectivity index (χ1n) is 7.14. The van der Waals surface area contributed by atoms with Gasteiger partial charge in [-0.05, 0) is 26.4 Å². The highest BCUT2D eigenvalue weighted by molar-refractivity contribution is 7.09. The maximum Gasteiger partial charge on any atom is 0.0929 e. The second-order valence-electron chi connectivity index (χ2n) is 5.31. The van der Waals surface area contributed by atoms with Gasteiger partial charge < -0.3 is 9.80 Å². The maximum atomic E-state index is 5.77. The maximum absolute atomic E-state index is 5.77. The second kappa shape index (κ2) is 7.58. The summed E-state index contributed by atoms with van der Waals surface area (Å²) in [5, 5.41) is 3.31. The lowest BCUT2D eigenvalue weighted by Crippen LogP contribution is -2.51. The second-order valence-corrected chi connectivity index (χ2v) is 6.52. The third-order valence-electron chi connectivity index (χ3n) is 3.93. The quantitative estimate of drug-likeness (QED) is 0.753. The van der Waals surface area contributed by atoms with Crippen LogP contribution in [0, 0.1) is 0 Å². The molecule has 0 bridgehead atoms. The normalized spacial score (nSPS) is 21.9. The van der Waals surface area contributed by atoms with Crippen molar-refractivity contribution in [2.45, 2.75) is 38.1 Å². The lowest BCUT2D eigenvalue weighted by molar-refractivity contribution is 0.0925. The van der Waals surface area contributed by atoms with Crippen LogP contribution in [0.1, 0.15) is 30.5 Å². The van der Waals surface area contributed by atoms with Gasteiger partial charge in [0, 0.05) is 37.5 Å². The Morgan fingerprint density at radius 3 is 3.00 bits per heavy atom. The van der Waals surface area contributed by atoms with Crippen molar-refractivity contribution in [1.29, 1.82) is 0 Å². The van der Waals surface area contributed by atoms with Crippen LogP contribution >= 0.6 is 22.9 Å². The fourth-order valence-corrected chi connectivity index (χ4v) is 3.70. The Kier molecular flexibility index (Phi) is 6.07.